The minimum absolute atomic E-state index is 0.00902. The molecule has 0 heterocycles. The van der Waals surface area contributed by atoms with E-state index < -0.39 is 5.97 Å². The molecule has 4 rings (SSSR count). The second-order valence-electron chi connectivity index (χ2n) is 8.91. The molecule has 0 aliphatic heterocycles. The zero-order valence-electron chi connectivity index (χ0n) is 21.5. The topological polar surface area (TPSA) is 75.7 Å². The number of hydroxylamine groups is 1. The summed E-state index contributed by atoms with van der Waals surface area (Å²) < 4.78 is 0. The lowest BCUT2D eigenvalue weighted by Crippen LogP contribution is -2.16. The van der Waals surface area contributed by atoms with Crippen molar-refractivity contribution in [3.05, 3.63) is 131 Å². The molecule has 0 spiro atoms. The second kappa shape index (κ2) is 11.4. The molecule has 0 fully saturated rings. The summed E-state index contributed by atoms with van der Waals surface area (Å²) in [7, 11) is 0. The summed E-state index contributed by atoms with van der Waals surface area (Å²) in [6, 6.07) is 29.9. The molecule has 0 amide bonds. The number of rotatable bonds is 9. The van der Waals surface area contributed by atoms with Gasteiger partial charge in [0.05, 0.1) is 5.70 Å². The molecule has 0 aliphatic rings. The molecule has 0 aliphatic carbocycles. The van der Waals surface area contributed by atoms with E-state index >= 15 is 0 Å². The van der Waals surface area contributed by atoms with Crippen LogP contribution < -0.4 is 10.4 Å². The minimum atomic E-state index is -0.465. The Morgan fingerprint density at radius 2 is 1.18 bits per heavy atom. The first-order valence-corrected chi connectivity index (χ1v) is 12.1. The maximum absolute atomic E-state index is 13.0. The molecule has 1 N–H and O–H groups in total. The van der Waals surface area contributed by atoms with Crippen LogP contribution in [0.4, 0.5) is 17.1 Å². The fourth-order valence-electron chi connectivity index (χ4n) is 4.01. The predicted molar refractivity (Wildman–Crippen MR) is 150 cm³/mol. The van der Waals surface area contributed by atoms with Crippen LogP contribution in [0.5, 0.6) is 0 Å². The van der Waals surface area contributed by atoms with Gasteiger partial charge < -0.3 is 9.74 Å². The van der Waals surface area contributed by atoms with Gasteiger partial charge in [0.2, 0.25) is 0 Å². The summed E-state index contributed by atoms with van der Waals surface area (Å²) in [5.41, 5.74) is 9.16. The van der Waals surface area contributed by atoms with E-state index in [0.717, 1.165) is 28.2 Å². The highest BCUT2D eigenvalue weighted by Crippen LogP contribution is 2.35. The molecule has 0 saturated heterocycles. The van der Waals surface area contributed by atoms with Gasteiger partial charge in [-0.15, -0.1) is 0 Å². The third-order valence-corrected chi connectivity index (χ3v) is 5.99. The van der Waals surface area contributed by atoms with Gasteiger partial charge in [-0.25, -0.2) is 5.48 Å². The zero-order chi connectivity index (χ0) is 27.2. The molecule has 0 atom stereocenters. The van der Waals surface area contributed by atoms with E-state index in [1.165, 1.54) is 13.8 Å². The van der Waals surface area contributed by atoms with E-state index in [4.69, 9.17) is 4.84 Å². The summed E-state index contributed by atoms with van der Waals surface area (Å²) in [5.74, 6) is -0.515. The smallest absolute Gasteiger partial charge is 0.329 e. The predicted octanol–water partition coefficient (Wildman–Crippen LogP) is 6.94. The monoisotopic (exact) mass is 504 g/mol. The Bertz CT molecular complexity index is 1490. The molecule has 0 radical (unpaired) electrons. The van der Waals surface area contributed by atoms with Crippen molar-refractivity contribution in [3.63, 3.8) is 0 Å². The minimum Gasteiger partial charge on any atom is -0.344 e. The number of ketones is 2. The van der Waals surface area contributed by atoms with Crippen molar-refractivity contribution < 1.29 is 19.2 Å². The zero-order valence-corrected chi connectivity index (χ0v) is 21.5. The first-order valence-electron chi connectivity index (χ1n) is 12.1. The molecule has 0 saturated carbocycles. The number of nitrogens with zero attached hydrogens (tertiary/aromatic N) is 1. The molecule has 0 aromatic heterocycles. The molecule has 4 aromatic carbocycles. The van der Waals surface area contributed by atoms with Gasteiger partial charge >= 0.3 is 5.97 Å². The van der Waals surface area contributed by atoms with E-state index in [9.17, 15) is 14.4 Å². The van der Waals surface area contributed by atoms with E-state index in [1.807, 2.05) is 96.8 Å². The standard InChI is InChI=1S/C32H28N2O4/c1-21-6-5-7-28(20-21)32(37)27-12-18-31(19-13-27)34(30-16-10-26(11-17-30)23(3)35)29-14-8-25(9-15-29)22(2)33-38-24(4)36/h5-20,33H,2H2,1,3-4H3. The second-order valence-corrected chi connectivity index (χ2v) is 8.91. The Labute approximate surface area is 222 Å². The number of anilines is 3. The lowest BCUT2D eigenvalue weighted by Gasteiger charge is -2.26. The quantitative estimate of drug-likeness (QED) is 0.197. The summed E-state index contributed by atoms with van der Waals surface area (Å²) in [4.78, 5) is 42.8. The maximum Gasteiger partial charge on any atom is 0.329 e. The summed E-state index contributed by atoms with van der Waals surface area (Å²) in [6.07, 6.45) is 0. The van der Waals surface area contributed by atoms with Gasteiger partial charge in [0.1, 0.15) is 0 Å². The third-order valence-electron chi connectivity index (χ3n) is 5.99. The van der Waals surface area contributed by atoms with Crippen molar-refractivity contribution in [2.45, 2.75) is 20.8 Å². The van der Waals surface area contributed by atoms with Crippen LogP contribution in [0.2, 0.25) is 0 Å². The van der Waals surface area contributed by atoms with Crippen LogP contribution in [0.25, 0.3) is 5.70 Å². The molecule has 4 aromatic rings. The molecular formula is C32H28N2O4. The van der Waals surface area contributed by atoms with Crippen LogP contribution in [0.3, 0.4) is 0 Å². The van der Waals surface area contributed by atoms with Crippen LogP contribution in [-0.4, -0.2) is 17.5 Å². The average molecular weight is 505 g/mol. The van der Waals surface area contributed by atoms with Gasteiger partial charge in [-0.05, 0) is 80.6 Å². The number of benzene rings is 4. The Morgan fingerprint density at radius 1 is 0.684 bits per heavy atom. The summed E-state index contributed by atoms with van der Waals surface area (Å²) in [6.45, 7) is 8.70. The van der Waals surface area contributed by atoms with Gasteiger partial charge in [0.25, 0.3) is 0 Å². The molecular weight excluding hydrogens is 476 g/mol. The Hall–Kier alpha value is -4.97. The largest absolute Gasteiger partial charge is 0.344 e. The van der Waals surface area contributed by atoms with Crippen molar-refractivity contribution in [1.29, 1.82) is 0 Å². The van der Waals surface area contributed by atoms with Crippen molar-refractivity contribution in [2.24, 2.45) is 0 Å². The number of aryl methyl sites for hydroxylation is 1. The molecule has 0 unspecified atom stereocenters. The number of carbonyl (C=O) groups is 3. The van der Waals surface area contributed by atoms with E-state index in [-0.39, 0.29) is 11.6 Å². The van der Waals surface area contributed by atoms with Crippen molar-refractivity contribution in [1.82, 2.24) is 5.48 Å². The van der Waals surface area contributed by atoms with Crippen LogP contribution in [-0.2, 0) is 9.63 Å². The van der Waals surface area contributed by atoms with Crippen LogP contribution in [0, 0.1) is 6.92 Å². The molecule has 38 heavy (non-hydrogen) atoms. The van der Waals surface area contributed by atoms with Crippen molar-refractivity contribution >= 4 is 40.3 Å². The lowest BCUT2D eigenvalue weighted by molar-refractivity contribution is -0.145. The van der Waals surface area contributed by atoms with Gasteiger partial charge in [0, 0.05) is 46.2 Å². The van der Waals surface area contributed by atoms with E-state index in [1.54, 1.807) is 12.1 Å². The Balaban J connectivity index is 1.68. The first-order chi connectivity index (χ1) is 18.2. The molecule has 6 nitrogen and oxygen atoms in total. The highest BCUT2D eigenvalue weighted by molar-refractivity contribution is 6.09. The maximum atomic E-state index is 13.0. The van der Waals surface area contributed by atoms with E-state index in [2.05, 4.69) is 12.1 Å². The third kappa shape index (κ3) is 6.05. The van der Waals surface area contributed by atoms with Crippen LogP contribution in [0.1, 0.15) is 51.3 Å². The number of Topliss-reactive ketones (excluding diaryl/α,β-unsaturated/α-hetero) is 1. The average Bonchev–Trinajstić information content (AvgIpc) is 2.92. The fraction of sp³-hybridized carbons (Fsp3) is 0.0938. The highest BCUT2D eigenvalue weighted by atomic mass is 16.7. The number of carbonyl (C=O) groups excluding carboxylic acids is 3. The molecule has 6 heteroatoms. The Kier molecular flexibility index (Phi) is 7.83. The number of hydrogen-bond donors (Lipinski definition) is 1. The SMILES string of the molecule is C=C(NOC(C)=O)c1ccc(N(c2ccc(C(C)=O)cc2)c2ccc(C(=O)c3cccc(C)c3)cc2)cc1. The molecule has 0 bridgehead atoms. The van der Waals surface area contributed by atoms with Crippen molar-refractivity contribution in [3.8, 4) is 0 Å². The molecule has 190 valence electrons. The van der Waals surface area contributed by atoms with Gasteiger partial charge in [-0.1, -0.05) is 42.5 Å². The van der Waals surface area contributed by atoms with Crippen LogP contribution >= 0.6 is 0 Å². The number of nitrogens with one attached hydrogen (secondary N) is 1. The van der Waals surface area contributed by atoms with E-state index in [0.29, 0.717) is 22.4 Å². The highest BCUT2D eigenvalue weighted by Gasteiger charge is 2.15. The number of hydrogen-bond acceptors (Lipinski definition) is 6. The Morgan fingerprint density at radius 3 is 1.66 bits per heavy atom. The van der Waals surface area contributed by atoms with Crippen LogP contribution in [0.15, 0.2) is 104 Å². The first kappa shape index (κ1) is 26.1. The normalized spacial score (nSPS) is 10.4. The lowest BCUT2D eigenvalue weighted by atomic mass is 10.0. The fourth-order valence-corrected chi connectivity index (χ4v) is 4.01. The van der Waals surface area contributed by atoms with Gasteiger partial charge in [0.15, 0.2) is 11.6 Å². The van der Waals surface area contributed by atoms with Crippen molar-refractivity contribution in [2.75, 3.05) is 4.90 Å². The van der Waals surface area contributed by atoms with Gasteiger partial charge in [-0.2, -0.15) is 0 Å². The summed E-state index contributed by atoms with van der Waals surface area (Å²) >= 11 is 0. The summed E-state index contributed by atoms with van der Waals surface area (Å²) in [5, 5.41) is 0. The van der Waals surface area contributed by atoms with Gasteiger partial charge in [-0.3, -0.25) is 14.4 Å².